The number of H-pyrrole nitrogens is 1. The molecule has 4 aromatic rings. The van der Waals surface area contributed by atoms with E-state index in [1.54, 1.807) is 11.3 Å². The van der Waals surface area contributed by atoms with Crippen molar-refractivity contribution in [3.8, 4) is 10.6 Å². The third-order valence-corrected chi connectivity index (χ3v) is 9.41. The number of aromatic amines is 1. The summed E-state index contributed by atoms with van der Waals surface area (Å²) in [5.74, 6) is 0.517. The predicted molar refractivity (Wildman–Crippen MR) is 144 cm³/mol. The van der Waals surface area contributed by atoms with E-state index in [1.165, 1.54) is 21.9 Å². The zero-order chi connectivity index (χ0) is 24.7. The molecule has 36 heavy (non-hydrogen) atoms. The normalized spacial score (nSPS) is 16.9. The van der Waals surface area contributed by atoms with E-state index in [4.69, 9.17) is 9.97 Å². The highest BCUT2D eigenvalue weighted by molar-refractivity contribution is 7.87. The van der Waals surface area contributed by atoms with Crippen LogP contribution in [0.1, 0.15) is 10.4 Å². The average Bonchev–Trinajstić information content (AvgIpc) is 3.55. The largest absolute Gasteiger partial charge is 0.369 e. The molecule has 4 N–H and O–H groups in total. The SMILES string of the molecule is CNS(=O)(=O)N1CCc2sc(-c3nc(Nc4cccc(N5CCNCC5)c4)nc4[nH]ccc34)cc2C1. The van der Waals surface area contributed by atoms with Gasteiger partial charge in [-0.3, -0.25) is 0 Å². The van der Waals surface area contributed by atoms with Gasteiger partial charge in [-0.2, -0.15) is 17.7 Å². The molecule has 0 unspecified atom stereocenters. The van der Waals surface area contributed by atoms with Gasteiger partial charge in [0.1, 0.15) is 5.65 Å². The predicted octanol–water partition coefficient (Wildman–Crippen LogP) is 2.66. The number of hydrogen-bond donors (Lipinski definition) is 4. The van der Waals surface area contributed by atoms with E-state index in [9.17, 15) is 8.42 Å². The Hall–Kier alpha value is -3.03. The van der Waals surface area contributed by atoms with Gasteiger partial charge in [0.25, 0.3) is 10.2 Å². The summed E-state index contributed by atoms with van der Waals surface area (Å²) in [6.07, 6.45) is 2.55. The number of benzene rings is 1. The second-order valence-corrected chi connectivity index (χ2v) is 11.9. The van der Waals surface area contributed by atoms with Gasteiger partial charge in [0.05, 0.1) is 10.6 Å². The quantitative estimate of drug-likeness (QED) is 0.306. The summed E-state index contributed by atoms with van der Waals surface area (Å²) >= 11 is 1.68. The number of thiophene rings is 1. The number of rotatable bonds is 6. The van der Waals surface area contributed by atoms with Crippen molar-refractivity contribution >= 4 is 49.9 Å². The van der Waals surface area contributed by atoms with E-state index in [0.717, 1.165) is 59.0 Å². The number of fused-ring (bicyclic) bond motifs is 2. The number of nitrogens with one attached hydrogen (secondary N) is 4. The van der Waals surface area contributed by atoms with Crippen LogP contribution in [-0.4, -0.2) is 67.4 Å². The Kier molecular flexibility index (Phi) is 6.13. The Morgan fingerprint density at radius 1 is 1.08 bits per heavy atom. The van der Waals surface area contributed by atoms with Crippen LogP contribution < -0.4 is 20.3 Å². The van der Waals surface area contributed by atoms with Crippen LogP contribution in [0.25, 0.3) is 21.6 Å². The van der Waals surface area contributed by atoms with Gasteiger partial charge in [-0.05, 0) is 42.3 Å². The van der Waals surface area contributed by atoms with E-state index >= 15 is 0 Å². The first-order valence-electron chi connectivity index (χ1n) is 12.0. The molecule has 0 bridgehead atoms. The lowest BCUT2D eigenvalue weighted by Gasteiger charge is -2.29. The minimum atomic E-state index is -3.46. The van der Waals surface area contributed by atoms with Gasteiger partial charge in [-0.15, -0.1) is 11.3 Å². The molecule has 0 amide bonds. The Balaban J connectivity index is 1.31. The van der Waals surface area contributed by atoms with Crippen molar-refractivity contribution in [2.45, 2.75) is 13.0 Å². The molecule has 0 aliphatic carbocycles. The third kappa shape index (κ3) is 4.46. The number of hydrogen-bond acceptors (Lipinski definition) is 8. The fraction of sp³-hybridized carbons (Fsp3) is 0.333. The molecule has 10 nitrogen and oxygen atoms in total. The lowest BCUT2D eigenvalue weighted by atomic mass is 10.1. The Bertz CT molecular complexity index is 1510. The van der Waals surface area contributed by atoms with Gasteiger partial charge >= 0.3 is 0 Å². The van der Waals surface area contributed by atoms with Crippen molar-refractivity contribution in [1.82, 2.24) is 29.3 Å². The maximum atomic E-state index is 12.3. The van der Waals surface area contributed by atoms with Gasteiger partial charge in [-0.25, -0.2) is 9.71 Å². The molecule has 0 spiro atoms. The topological polar surface area (TPSA) is 118 Å². The van der Waals surface area contributed by atoms with Crippen LogP contribution in [0.2, 0.25) is 0 Å². The van der Waals surface area contributed by atoms with Crippen LogP contribution >= 0.6 is 11.3 Å². The van der Waals surface area contributed by atoms with Crippen molar-refractivity contribution in [1.29, 1.82) is 0 Å². The molecule has 1 fully saturated rings. The van der Waals surface area contributed by atoms with Crippen molar-refractivity contribution in [2.75, 3.05) is 50.0 Å². The van der Waals surface area contributed by atoms with Crippen LogP contribution in [0.4, 0.5) is 17.3 Å². The average molecular weight is 525 g/mol. The number of aromatic nitrogens is 3. The standard InChI is InChI=1S/C24H28N8O2S2/c1-25-36(33,34)32-10-6-20-16(15-32)13-21(35-20)22-19-5-7-27-23(19)30-24(29-22)28-17-3-2-4-18(14-17)31-11-8-26-9-12-31/h2-5,7,13-14,25-26H,6,8-12,15H2,1H3,(H2,27,28,29,30). The van der Waals surface area contributed by atoms with Gasteiger partial charge in [0.15, 0.2) is 0 Å². The van der Waals surface area contributed by atoms with E-state index in [2.05, 4.69) is 43.4 Å². The second-order valence-electron chi connectivity index (χ2n) is 8.90. The Labute approximate surface area is 213 Å². The highest BCUT2D eigenvalue weighted by atomic mass is 32.2. The summed E-state index contributed by atoms with van der Waals surface area (Å²) < 4.78 is 28.5. The molecular weight excluding hydrogens is 496 g/mol. The Morgan fingerprint density at radius 3 is 2.78 bits per heavy atom. The van der Waals surface area contributed by atoms with Gasteiger partial charge in [0, 0.05) is 74.2 Å². The summed E-state index contributed by atoms with van der Waals surface area (Å²) in [6.45, 7) is 4.76. The lowest BCUT2D eigenvalue weighted by Crippen LogP contribution is -2.43. The summed E-state index contributed by atoms with van der Waals surface area (Å²) in [6, 6.07) is 12.4. The molecule has 0 atom stereocenters. The van der Waals surface area contributed by atoms with Crippen LogP contribution in [-0.2, 0) is 23.2 Å². The van der Waals surface area contributed by atoms with Gasteiger partial charge < -0.3 is 20.5 Å². The molecule has 1 saturated heterocycles. The van der Waals surface area contributed by atoms with Crippen molar-refractivity contribution < 1.29 is 8.42 Å². The minimum absolute atomic E-state index is 0.361. The second kappa shape index (κ2) is 9.45. The summed E-state index contributed by atoms with van der Waals surface area (Å²) in [5.41, 5.74) is 4.73. The summed E-state index contributed by atoms with van der Waals surface area (Å²) in [4.78, 5) is 17.4. The molecule has 12 heteroatoms. The molecule has 1 aromatic carbocycles. The first-order chi connectivity index (χ1) is 17.5. The van der Waals surface area contributed by atoms with E-state index in [-0.39, 0.29) is 0 Å². The number of anilines is 3. The molecule has 6 rings (SSSR count). The number of piperazine rings is 1. The fourth-order valence-corrected chi connectivity index (χ4v) is 6.84. The van der Waals surface area contributed by atoms with Crippen molar-refractivity contribution in [3.05, 3.63) is 53.0 Å². The molecule has 3 aromatic heterocycles. The minimum Gasteiger partial charge on any atom is -0.369 e. The number of nitrogens with zero attached hydrogens (tertiary/aromatic N) is 4. The molecular formula is C24H28N8O2S2. The Morgan fingerprint density at radius 2 is 1.94 bits per heavy atom. The van der Waals surface area contributed by atoms with Crippen LogP contribution in [0.5, 0.6) is 0 Å². The lowest BCUT2D eigenvalue weighted by molar-refractivity contribution is 0.389. The monoisotopic (exact) mass is 524 g/mol. The van der Waals surface area contributed by atoms with Crippen molar-refractivity contribution in [2.24, 2.45) is 0 Å². The van der Waals surface area contributed by atoms with Crippen LogP contribution in [0.15, 0.2) is 42.6 Å². The fourth-order valence-electron chi connectivity index (χ4n) is 4.78. The summed E-state index contributed by atoms with van der Waals surface area (Å²) in [5, 5.41) is 7.72. The van der Waals surface area contributed by atoms with Crippen LogP contribution in [0, 0.1) is 0 Å². The zero-order valence-corrected chi connectivity index (χ0v) is 21.5. The third-order valence-electron chi connectivity index (χ3n) is 6.66. The zero-order valence-electron chi connectivity index (χ0n) is 19.9. The van der Waals surface area contributed by atoms with Gasteiger partial charge in [0.2, 0.25) is 5.95 Å². The smallest absolute Gasteiger partial charge is 0.279 e. The highest BCUT2D eigenvalue weighted by Crippen LogP contribution is 2.37. The maximum absolute atomic E-state index is 12.3. The first kappa shape index (κ1) is 23.4. The maximum Gasteiger partial charge on any atom is 0.279 e. The van der Waals surface area contributed by atoms with E-state index in [0.29, 0.717) is 25.5 Å². The van der Waals surface area contributed by atoms with Crippen molar-refractivity contribution in [3.63, 3.8) is 0 Å². The molecule has 2 aliphatic rings. The molecule has 188 valence electrons. The van der Waals surface area contributed by atoms with E-state index in [1.807, 2.05) is 24.4 Å². The summed E-state index contributed by atoms with van der Waals surface area (Å²) in [7, 11) is -2.01. The molecule has 5 heterocycles. The highest BCUT2D eigenvalue weighted by Gasteiger charge is 2.28. The first-order valence-corrected chi connectivity index (χ1v) is 14.2. The van der Waals surface area contributed by atoms with Gasteiger partial charge in [-0.1, -0.05) is 6.07 Å². The molecule has 2 aliphatic heterocycles. The van der Waals surface area contributed by atoms with Crippen LogP contribution in [0.3, 0.4) is 0 Å². The molecule has 0 saturated carbocycles. The van der Waals surface area contributed by atoms with E-state index < -0.39 is 10.2 Å². The molecule has 0 radical (unpaired) electrons.